The number of nitriles is 1. The lowest BCUT2D eigenvalue weighted by molar-refractivity contribution is -0.141. The van der Waals surface area contributed by atoms with Gasteiger partial charge in [0.25, 0.3) is 6.43 Å². The van der Waals surface area contributed by atoms with Crippen molar-refractivity contribution in [3.05, 3.63) is 28.3 Å². The molecule has 5 nitrogen and oxygen atoms in total. The number of amides is 1. The number of nitrogens with zero attached hydrogens (tertiary/aromatic N) is 2. The zero-order chi connectivity index (χ0) is 22.0. The maximum atomic E-state index is 13.1. The van der Waals surface area contributed by atoms with Gasteiger partial charge in [0.05, 0.1) is 30.2 Å². The van der Waals surface area contributed by atoms with Gasteiger partial charge in [0.1, 0.15) is 11.9 Å². The Hall–Kier alpha value is -1.91. The van der Waals surface area contributed by atoms with Crippen LogP contribution in [0.4, 0.5) is 8.78 Å². The van der Waals surface area contributed by atoms with Crippen LogP contribution in [0.5, 0.6) is 5.75 Å². The molecule has 1 heterocycles. The lowest BCUT2D eigenvalue weighted by Gasteiger charge is -2.50. The van der Waals surface area contributed by atoms with Gasteiger partial charge in [-0.05, 0) is 56.1 Å². The summed E-state index contributed by atoms with van der Waals surface area (Å²) in [5.74, 6) is -0.116. The highest BCUT2D eigenvalue weighted by molar-refractivity contribution is 6.33. The van der Waals surface area contributed by atoms with Crippen molar-refractivity contribution < 1.29 is 23.4 Å². The summed E-state index contributed by atoms with van der Waals surface area (Å²) in [4.78, 5) is 14.9. The predicted octanol–water partition coefficient (Wildman–Crippen LogP) is 4.04. The summed E-state index contributed by atoms with van der Waals surface area (Å²) in [6.07, 6.45) is -1.58. The normalized spacial score (nSPS) is 27.3. The zero-order valence-electron chi connectivity index (χ0n) is 17.2. The molecule has 5 atom stereocenters. The van der Waals surface area contributed by atoms with E-state index in [0.29, 0.717) is 36.3 Å². The first kappa shape index (κ1) is 22.8. The highest BCUT2D eigenvalue weighted by atomic mass is 35.5. The molecule has 2 aliphatic rings. The second kappa shape index (κ2) is 9.49. The van der Waals surface area contributed by atoms with Crippen molar-refractivity contribution in [1.29, 1.82) is 5.26 Å². The largest absolute Gasteiger partial charge is 0.495 e. The molecule has 1 aromatic rings. The van der Waals surface area contributed by atoms with Crippen LogP contribution in [0.25, 0.3) is 0 Å². The van der Waals surface area contributed by atoms with Gasteiger partial charge in [-0.3, -0.25) is 4.79 Å². The number of rotatable bonds is 5. The van der Waals surface area contributed by atoms with Gasteiger partial charge < -0.3 is 14.7 Å². The number of hydrogen-bond acceptors (Lipinski definition) is 4. The average Bonchev–Trinajstić information content (AvgIpc) is 2.74. The minimum Gasteiger partial charge on any atom is -0.495 e. The third-order valence-electron chi connectivity index (χ3n) is 6.88. The molecule has 1 amide bonds. The van der Waals surface area contributed by atoms with Gasteiger partial charge in [-0.1, -0.05) is 18.0 Å². The average molecular weight is 441 g/mol. The standard InChI is InChI=1S/C22H27ClF2N2O3/c1-12-14-4-3-5-16(21(29)22(24)25)15(14)8-9-27(12)19(28)10-17-13(11-26)6-7-18(30-2)20(17)23/h6-7,12,14-16,21-22,29H,3-5,8-10H2,1-2H3/t12-,14+,15+,16+,21-/m0/s1. The fraction of sp³-hybridized carbons (Fsp3) is 0.636. The summed E-state index contributed by atoms with van der Waals surface area (Å²) in [6, 6.07) is 5.13. The highest BCUT2D eigenvalue weighted by Gasteiger charge is 2.46. The van der Waals surface area contributed by atoms with E-state index in [1.807, 2.05) is 6.92 Å². The Bertz CT molecular complexity index is 829. The lowest BCUT2D eigenvalue weighted by Crippen LogP contribution is -2.55. The predicted molar refractivity (Wildman–Crippen MR) is 109 cm³/mol. The third kappa shape index (κ3) is 4.26. The monoisotopic (exact) mass is 440 g/mol. The summed E-state index contributed by atoms with van der Waals surface area (Å²) in [5.41, 5.74) is 0.766. The summed E-state index contributed by atoms with van der Waals surface area (Å²) < 4.78 is 31.5. The Morgan fingerprint density at radius 1 is 1.37 bits per heavy atom. The van der Waals surface area contributed by atoms with E-state index in [4.69, 9.17) is 16.3 Å². The van der Waals surface area contributed by atoms with Crippen molar-refractivity contribution in [2.75, 3.05) is 13.7 Å². The first-order valence-corrected chi connectivity index (χ1v) is 10.7. The molecular weight excluding hydrogens is 414 g/mol. The topological polar surface area (TPSA) is 73.6 Å². The number of hydrogen-bond donors (Lipinski definition) is 1. The third-order valence-corrected chi connectivity index (χ3v) is 7.30. The van der Waals surface area contributed by atoms with Gasteiger partial charge in [0.15, 0.2) is 0 Å². The van der Waals surface area contributed by atoms with E-state index in [1.54, 1.807) is 17.0 Å². The molecule has 164 valence electrons. The number of alkyl halides is 2. The molecule has 8 heteroatoms. The Morgan fingerprint density at radius 2 is 2.10 bits per heavy atom. The SMILES string of the molecule is COc1ccc(C#N)c(CC(=O)N2CC[C@H]3[C@H]([C@H](O)C(F)F)CCC[C@@H]3[C@@H]2C)c1Cl. The smallest absolute Gasteiger partial charge is 0.264 e. The van der Waals surface area contributed by atoms with Crippen LogP contribution in [-0.2, 0) is 11.2 Å². The molecule has 1 saturated heterocycles. The van der Waals surface area contributed by atoms with Gasteiger partial charge in [0.2, 0.25) is 5.91 Å². The van der Waals surface area contributed by atoms with Gasteiger partial charge in [-0.2, -0.15) is 5.26 Å². The van der Waals surface area contributed by atoms with Crippen molar-refractivity contribution in [2.45, 2.75) is 57.6 Å². The second-order valence-corrected chi connectivity index (χ2v) is 8.64. The zero-order valence-corrected chi connectivity index (χ0v) is 17.9. The van der Waals surface area contributed by atoms with Crippen molar-refractivity contribution in [3.8, 4) is 11.8 Å². The number of likely N-dealkylation sites (tertiary alicyclic amines) is 1. The van der Waals surface area contributed by atoms with E-state index in [1.165, 1.54) is 7.11 Å². The molecule has 3 rings (SSSR count). The van der Waals surface area contributed by atoms with Crippen LogP contribution in [0, 0.1) is 29.1 Å². The van der Waals surface area contributed by atoms with Crippen LogP contribution in [0.3, 0.4) is 0 Å². The van der Waals surface area contributed by atoms with Crippen molar-refractivity contribution in [3.63, 3.8) is 0 Å². The number of halogens is 3. The van der Waals surface area contributed by atoms with E-state index in [0.717, 1.165) is 12.8 Å². The van der Waals surface area contributed by atoms with E-state index in [9.17, 15) is 23.9 Å². The van der Waals surface area contributed by atoms with Crippen LogP contribution >= 0.6 is 11.6 Å². The quantitative estimate of drug-likeness (QED) is 0.749. The summed E-state index contributed by atoms with van der Waals surface area (Å²) in [5, 5.41) is 19.7. The van der Waals surface area contributed by atoms with Gasteiger partial charge in [0, 0.05) is 18.2 Å². The number of methoxy groups -OCH3 is 1. The fourth-order valence-electron chi connectivity index (χ4n) is 5.34. The Labute approximate surface area is 180 Å². The molecule has 1 aliphatic carbocycles. The highest BCUT2D eigenvalue weighted by Crippen LogP contribution is 2.45. The Kier molecular flexibility index (Phi) is 7.20. The molecule has 0 radical (unpaired) electrons. The van der Waals surface area contributed by atoms with Crippen LogP contribution in [-0.4, -0.2) is 48.1 Å². The number of carbonyl (C=O) groups excluding carboxylic acids is 1. The number of piperidine rings is 1. The number of fused-ring (bicyclic) bond motifs is 1. The molecule has 0 bridgehead atoms. The van der Waals surface area contributed by atoms with E-state index in [2.05, 4.69) is 6.07 Å². The number of ether oxygens (including phenoxy) is 1. The maximum Gasteiger partial charge on any atom is 0.264 e. The number of carbonyl (C=O) groups is 1. The van der Waals surface area contributed by atoms with Crippen LogP contribution in [0.15, 0.2) is 12.1 Å². The summed E-state index contributed by atoms with van der Waals surface area (Å²) in [6.45, 7) is 2.39. The maximum absolute atomic E-state index is 13.1. The van der Waals surface area contributed by atoms with Gasteiger partial charge in [-0.15, -0.1) is 0 Å². The minimum atomic E-state index is -2.75. The number of aliphatic hydroxyl groups excluding tert-OH is 1. The van der Waals surface area contributed by atoms with E-state index >= 15 is 0 Å². The van der Waals surface area contributed by atoms with Crippen molar-refractivity contribution >= 4 is 17.5 Å². The van der Waals surface area contributed by atoms with Crippen molar-refractivity contribution in [1.82, 2.24) is 4.90 Å². The van der Waals surface area contributed by atoms with Crippen LogP contribution < -0.4 is 4.74 Å². The minimum absolute atomic E-state index is 0.0168. The summed E-state index contributed by atoms with van der Waals surface area (Å²) >= 11 is 6.36. The van der Waals surface area contributed by atoms with Gasteiger partial charge >= 0.3 is 0 Å². The van der Waals surface area contributed by atoms with E-state index < -0.39 is 18.4 Å². The lowest BCUT2D eigenvalue weighted by atomic mass is 9.64. The number of aliphatic hydroxyl groups is 1. The first-order valence-electron chi connectivity index (χ1n) is 10.3. The molecule has 1 N–H and O–H groups in total. The van der Waals surface area contributed by atoms with Gasteiger partial charge in [-0.25, -0.2) is 8.78 Å². The number of benzene rings is 1. The Morgan fingerprint density at radius 3 is 2.73 bits per heavy atom. The molecular formula is C22H27ClF2N2O3. The Balaban J connectivity index is 1.78. The first-order chi connectivity index (χ1) is 14.3. The molecule has 0 unspecified atom stereocenters. The molecule has 1 saturated carbocycles. The molecule has 0 aromatic heterocycles. The fourth-order valence-corrected chi connectivity index (χ4v) is 5.64. The second-order valence-electron chi connectivity index (χ2n) is 8.26. The van der Waals surface area contributed by atoms with Crippen LogP contribution in [0.2, 0.25) is 5.02 Å². The molecule has 2 fully saturated rings. The molecule has 30 heavy (non-hydrogen) atoms. The van der Waals surface area contributed by atoms with Crippen LogP contribution in [0.1, 0.15) is 43.7 Å². The molecule has 1 aliphatic heterocycles. The molecule has 0 spiro atoms. The summed E-state index contributed by atoms with van der Waals surface area (Å²) in [7, 11) is 1.47. The molecule has 1 aromatic carbocycles. The van der Waals surface area contributed by atoms with Crippen molar-refractivity contribution in [2.24, 2.45) is 17.8 Å². The van der Waals surface area contributed by atoms with E-state index in [-0.39, 0.29) is 35.2 Å².